The number of Topliss-reactive ketones (excluding diaryl/α,β-unsaturated/α-hetero) is 1. The number of rotatable bonds is 2. The number of hydrogen-bond acceptors (Lipinski definition) is 3. The summed E-state index contributed by atoms with van der Waals surface area (Å²) < 4.78 is 0. The van der Waals surface area contributed by atoms with Gasteiger partial charge in [-0.05, 0) is 24.6 Å². The number of nitrogens with one attached hydrogen (secondary N) is 2. The van der Waals surface area contributed by atoms with Gasteiger partial charge in [-0.25, -0.2) is 0 Å². The van der Waals surface area contributed by atoms with E-state index in [0.717, 1.165) is 27.7 Å². The molecule has 2 heterocycles. The molecular formula is C19H15N3O. The van der Waals surface area contributed by atoms with Gasteiger partial charge in [-0.2, -0.15) is 5.26 Å². The van der Waals surface area contributed by atoms with Crippen molar-refractivity contribution in [3.05, 3.63) is 65.4 Å². The molecule has 3 aromatic rings. The molecule has 0 fully saturated rings. The Bertz CT molecular complexity index is 980. The van der Waals surface area contributed by atoms with E-state index in [0.29, 0.717) is 5.56 Å². The third-order valence-corrected chi connectivity index (χ3v) is 4.64. The normalized spacial score (nSPS) is 19.4. The molecule has 0 spiro atoms. The van der Waals surface area contributed by atoms with Crippen LogP contribution in [0.1, 0.15) is 27.9 Å². The highest BCUT2D eigenvalue weighted by Crippen LogP contribution is 2.43. The SMILES string of the molecule is Cc1cccc2c(C3(CC#N)Nc4ccccc4C3=O)c[nH]c12. The molecule has 0 saturated heterocycles. The van der Waals surface area contributed by atoms with Crippen LogP contribution in [0.2, 0.25) is 0 Å². The second-order valence-electron chi connectivity index (χ2n) is 5.94. The van der Waals surface area contributed by atoms with Crippen molar-refractivity contribution in [3.63, 3.8) is 0 Å². The summed E-state index contributed by atoms with van der Waals surface area (Å²) in [5.74, 6) is -0.0444. The van der Waals surface area contributed by atoms with Gasteiger partial charge in [0.15, 0.2) is 5.78 Å². The van der Waals surface area contributed by atoms with Crippen molar-refractivity contribution in [3.8, 4) is 6.07 Å². The number of aromatic amines is 1. The monoisotopic (exact) mass is 301 g/mol. The van der Waals surface area contributed by atoms with Crippen LogP contribution in [0.15, 0.2) is 48.7 Å². The molecule has 4 heteroatoms. The highest BCUT2D eigenvalue weighted by molar-refractivity contribution is 6.15. The minimum atomic E-state index is -1.02. The Labute approximate surface area is 133 Å². The van der Waals surface area contributed by atoms with Crippen molar-refractivity contribution in [2.75, 3.05) is 5.32 Å². The Morgan fingerprint density at radius 1 is 1.17 bits per heavy atom. The smallest absolute Gasteiger partial charge is 0.195 e. The Balaban J connectivity index is 1.98. The Morgan fingerprint density at radius 2 is 2.00 bits per heavy atom. The van der Waals surface area contributed by atoms with Crippen LogP contribution in [0.4, 0.5) is 5.69 Å². The number of carbonyl (C=O) groups excluding carboxylic acids is 1. The zero-order chi connectivity index (χ0) is 16.0. The highest BCUT2D eigenvalue weighted by Gasteiger charge is 2.47. The van der Waals surface area contributed by atoms with Crippen molar-refractivity contribution < 1.29 is 4.79 Å². The fraction of sp³-hybridized carbons (Fsp3) is 0.158. The van der Waals surface area contributed by atoms with Gasteiger partial charge in [-0.1, -0.05) is 30.3 Å². The number of fused-ring (bicyclic) bond motifs is 2. The zero-order valence-electron chi connectivity index (χ0n) is 12.7. The molecule has 1 unspecified atom stereocenters. The lowest BCUT2D eigenvalue weighted by Gasteiger charge is -2.25. The van der Waals surface area contributed by atoms with Crippen molar-refractivity contribution in [2.24, 2.45) is 0 Å². The van der Waals surface area contributed by atoms with Gasteiger partial charge in [0.25, 0.3) is 0 Å². The van der Waals surface area contributed by atoms with Crippen LogP contribution < -0.4 is 5.32 Å². The maximum atomic E-state index is 13.1. The summed E-state index contributed by atoms with van der Waals surface area (Å²) in [6, 6.07) is 15.6. The summed E-state index contributed by atoms with van der Waals surface area (Å²) in [6.07, 6.45) is 1.94. The van der Waals surface area contributed by atoms with Gasteiger partial charge in [0.1, 0.15) is 5.54 Å². The van der Waals surface area contributed by atoms with Crippen molar-refractivity contribution >= 4 is 22.4 Å². The van der Waals surface area contributed by atoms with Crippen LogP contribution in [0.25, 0.3) is 10.9 Å². The molecule has 1 aliphatic heterocycles. The topological polar surface area (TPSA) is 68.7 Å². The first-order valence-electron chi connectivity index (χ1n) is 7.53. The van der Waals surface area contributed by atoms with E-state index in [1.807, 2.05) is 55.6 Å². The first-order chi connectivity index (χ1) is 11.2. The second kappa shape index (κ2) is 4.72. The molecule has 23 heavy (non-hydrogen) atoms. The molecular weight excluding hydrogens is 286 g/mol. The van der Waals surface area contributed by atoms with Gasteiger partial charge >= 0.3 is 0 Å². The minimum Gasteiger partial charge on any atom is -0.367 e. The average molecular weight is 301 g/mol. The van der Waals surface area contributed by atoms with E-state index in [-0.39, 0.29) is 12.2 Å². The van der Waals surface area contributed by atoms with E-state index in [1.165, 1.54) is 0 Å². The summed E-state index contributed by atoms with van der Waals surface area (Å²) in [7, 11) is 0. The number of nitriles is 1. The Kier molecular flexibility index (Phi) is 2.79. The zero-order valence-corrected chi connectivity index (χ0v) is 12.7. The lowest BCUT2D eigenvalue weighted by Crippen LogP contribution is -2.38. The fourth-order valence-corrected chi connectivity index (χ4v) is 3.49. The number of benzene rings is 2. The highest BCUT2D eigenvalue weighted by atomic mass is 16.1. The van der Waals surface area contributed by atoms with E-state index in [9.17, 15) is 10.1 Å². The number of ketones is 1. The molecule has 0 saturated carbocycles. The standard InChI is InChI=1S/C19H15N3O/c1-12-5-4-7-13-15(11-21-17(12)13)19(9-10-20)18(23)14-6-2-3-8-16(14)22-19/h2-8,11,21-22H,9H2,1H3. The van der Waals surface area contributed by atoms with E-state index in [2.05, 4.69) is 16.4 Å². The van der Waals surface area contributed by atoms with Crippen LogP contribution in [0.3, 0.4) is 0 Å². The number of anilines is 1. The summed E-state index contributed by atoms with van der Waals surface area (Å²) >= 11 is 0. The number of carbonyl (C=O) groups is 1. The summed E-state index contributed by atoms with van der Waals surface area (Å²) in [4.78, 5) is 16.4. The lowest BCUT2D eigenvalue weighted by atomic mass is 9.83. The van der Waals surface area contributed by atoms with Crippen LogP contribution in [-0.2, 0) is 5.54 Å². The predicted octanol–water partition coefficient (Wildman–Crippen LogP) is 3.89. The molecule has 2 aromatic carbocycles. The number of aryl methyl sites for hydroxylation is 1. The number of hydrogen-bond donors (Lipinski definition) is 2. The molecule has 1 aromatic heterocycles. The molecule has 4 nitrogen and oxygen atoms in total. The average Bonchev–Trinajstić information content (AvgIpc) is 3.10. The Hall–Kier alpha value is -3.06. The number of nitrogens with zero attached hydrogens (tertiary/aromatic N) is 1. The maximum Gasteiger partial charge on any atom is 0.195 e. The molecule has 1 atom stereocenters. The maximum absolute atomic E-state index is 13.1. The molecule has 0 aliphatic carbocycles. The molecule has 0 amide bonds. The summed E-state index contributed by atoms with van der Waals surface area (Å²) in [6.45, 7) is 2.03. The van der Waals surface area contributed by atoms with Gasteiger partial charge in [-0.3, -0.25) is 4.79 Å². The van der Waals surface area contributed by atoms with Gasteiger partial charge in [0.2, 0.25) is 0 Å². The number of aromatic nitrogens is 1. The van der Waals surface area contributed by atoms with E-state index in [4.69, 9.17) is 0 Å². The first-order valence-corrected chi connectivity index (χ1v) is 7.53. The molecule has 1 aliphatic rings. The van der Waals surface area contributed by atoms with E-state index < -0.39 is 5.54 Å². The molecule has 2 N–H and O–H groups in total. The van der Waals surface area contributed by atoms with Crippen LogP contribution in [-0.4, -0.2) is 10.8 Å². The quantitative estimate of drug-likeness (QED) is 0.754. The predicted molar refractivity (Wildman–Crippen MR) is 89.3 cm³/mol. The Morgan fingerprint density at radius 3 is 2.78 bits per heavy atom. The van der Waals surface area contributed by atoms with Crippen LogP contribution in [0, 0.1) is 18.3 Å². The fourth-order valence-electron chi connectivity index (χ4n) is 3.49. The molecule has 0 radical (unpaired) electrons. The van der Waals surface area contributed by atoms with E-state index >= 15 is 0 Å². The minimum absolute atomic E-state index is 0.0444. The summed E-state index contributed by atoms with van der Waals surface area (Å²) in [5.41, 5.74) is 3.36. The second-order valence-corrected chi connectivity index (χ2v) is 5.94. The van der Waals surface area contributed by atoms with Gasteiger partial charge < -0.3 is 10.3 Å². The van der Waals surface area contributed by atoms with Gasteiger partial charge in [-0.15, -0.1) is 0 Å². The van der Waals surface area contributed by atoms with Crippen molar-refractivity contribution in [2.45, 2.75) is 18.9 Å². The molecule has 0 bridgehead atoms. The third-order valence-electron chi connectivity index (χ3n) is 4.64. The van der Waals surface area contributed by atoms with Crippen molar-refractivity contribution in [1.82, 2.24) is 4.98 Å². The van der Waals surface area contributed by atoms with Gasteiger partial charge in [0, 0.05) is 33.9 Å². The summed E-state index contributed by atoms with van der Waals surface area (Å²) in [5, 5.41) is 13.7. The van der Waals surface area contributed by atoms with Crippen LogP contribution >= 0.6 is 0 Å². The number of H-pyrrole nitrogens is 1. The molecule has 4 rings (SSSR count). The first kappa shape index (κ1) is 13.6. The van der Waals surface area contributed by atoms with Crippen molar-refractivity contribution in [1.29, 1.82) is 5.26 Å². The van der Waals surface area contributed by atoms with Gasteiger partial charge in [0.05, 0.1) is 12.5 Å². The molecule has 112 valence electrons. The van der Waals surface area contributed by atoms with E-state index in [1.54, 1.807) is 0 Å². The third kappa shape index (κ3) is 1.74. The largest absolute Gasteiger partial charge is 0.367 e. The number of para-hydroxylation sites is 2. The van der Waals surface area contributed by atoms with Crippen LogP contribution in [0.5, 0.6) is 0 Å². The lowest BCUT2D eigenvalue weighted by molar-refractivity contribution is 0.0920.